The molecule has 0 amide bonds. The molecule has 8 nitrogen and oxygen atoms in total. The molecule has 0 aromatic heterocycles. The Kier molecular flexibility index (Phi) is 9.53. The lowest BCUT2D eigenvalue weighted by atomic mass is 10.1. The number of nitriles is 2. The molecule has 0 saturated carbocycles. The molecule has 0 saturated heterocycles. The summed E-state index contributed by atoms with van der Waals surface area (Å²) in [5.74, 6) is -1.37. The average Bonchev–Trinajstić information content (AvgIpc) is 2.92. The molecule has 36 heavy (non-hydrogen) atoms. The third-order valence-corrected chi connectivity index (χ3v) is 5.48. The van der Waals surface area contributed by atoms with E-state index in [2.05, 4.69) is 0 Å². The second-order valence-corrected chi connectivity index (χ2v) is 7.72. The second-order valence-electron chi connectivity index (χ2n) is 6.96. The zero-order valence-corrected chi connectivity index (χ0v) is 20.2. The zero-order valence-electron chi connectivity index (χ0n) is 18.7. The Hall–Kier alpha value is -4.24. The number of halogens is 2. The molecular formula is C26H18Cl2N2O6. The van der Waals surface area contributed by atoms with Crippen LogP contribution in [0.15, 0.2) is 60.7 Å². The Balaban J connectivity index is 1.64. The minimum absolute atomic E-state index is 0.139. The molecule has 0 aliphatic heterocycles. The first-order chi connectivity index (χ1) is 17.5. The second kappa shape index (κ2) is 13.0. The summed E-state index contributed by atoms with van der Waals surface area (Å²) in [5, 5.41) is 19.0. The van der Waals surface area contributed by atoms with Crippen LogP contribution in [0.1, 0.15) is 31.8 Å². The van der Waals surface area contributed by atoms with Gasteiger partial charge in [-0.15, -0.1) is 0 Å². The summed E-state index contributed by atoms with van der Waals surface area (Å²) < 4.78 is 21.3. The Morgan fingerprint density at radius 3 is 1.33 bits per heavy atom. The summed E-state index contributed by atoms with van der Waals surface area (Å²) in [6.45, 7) is -0.577. The third kappa shape index (κ3) is 6.45. The molecule has 0 atom stereocenters. The number of hydrogen-bond donors (Lipinski definition) is 0. The molecule has 182 valence electrons. The number of rotatable bonds is 10. The monoisotopic (exact) mass is 524 g/mol. The van der Waals surface area contributed by atoms with E-state index < -0.39 is 11.9 Å². The third-order valence-electron chi connectivity index (χ3n) is 4.66. The Bertz CT molecular complexity index is 1220. The van der Waals surface area contributed by atoms with E-state index in [0.29, 0.717) is 11.1 Å². The van der Waals surface area contributed by atoms with Crippen molar-refractivity contribution in [3.63, 3.8) is 0 Å². The molecule has 0 heterocycles. The highest BCUT2D eigenvalue weighted by Crippen LogP contribution is 2.44. The molecule has 0 fully saturated rings. The molecule has 0 radical (unpaired) electrons. The van der Waals surface area contributed by atoms with Crippen molar-refractivity contribution in [2.45, 2.75) is 0 Å². The van der Waals surface area contributed by atoms with Crippen molar-refractivity contribution in [3.05, 3.63) is 93.0 Å². The lowest BCUT2D eigenvalue weighted by Gasteiger charge is -2.16. The van der Waals surface area contributed by atoms with Crippen LogP contribution in [0, 0.1) is 22.7 Å². The fourth-order valence-electron chi connectivity index (χ4n) is 3.00. The summed E-state index contributed by atoms with van der Waals surface area (Å²) in [6.07, 6.45) is 0. The summed E-state index contributed by atoms with van der Waals surface area (Å²) >= 11 is 12.6. The standard InChI is InChI=1S/C26H18Cl2N2O6/c27-21-22(28)24(34-12-14-36-26(32)18-9-5-2-6-10-18)20(16-30)19(15-29)23(21)33-11-13-35-25(31)17-7-3-1-4-8-17/h1-10H,11-14H2. The summed E-state index contributed by atoms with van der Waals surface area (Å²) in [4.78, 5) is 24.0. The lowest BCUT2D eigenvalue weighted by Crippen LogP contribution is -2.14. The van der Waals surface area contributed by atoms with E-state index in [4.69, 9.17) is 42.1 Å². The first-order valence-electron chi connectivity index (χ1n) is 10.5. The van der Waals surface area contributed by atoms with E-state index in [-0.39, 0.29) is 59.1 Å². The number of hydrogen-bond acceptors (Lipinski definition) is 8. The summed E-state index contributed by atoms with van der Waals surface area (Å²) in [7, 11) is 0. The van der Waals surface area contributed by atoms with Crippen LogP contribution in [0.2, 0.25) is 10.0 Å². The molecule has 10 heteroatoms. The molecule has 0 unspecified atom stereocenters. The maximum absolute atomic E-state index is 12.0. The number of benzene rings is 3. The van der Waals surface area contributed by atoms with E-state index in [1.807, 2.05) is 12.1 Å². The number of carbonyl (C=O) groups excluding carboxylic acids is 2. The predicted molar refractivity (Wildman–Crippen MR) is 130 cm³/mol. The van der Waals surface area contributed by atoms with Gasteiger partial charge in [-0.2, -0.15) is 10.5 Å². The quantitative estimate of drug-likeness (QED) is 0.262. The van der Waals surface area contributed by atoms with Crippen LogP contribution in [-0.2, 0) is 9.47 Å². The molecule has 0 aliphatic rings. The van der Waals surface area contributed by atoms with Crippen molar-refractivity contribution in [2.75, 3.05) is 26.4 Å². The van der Waals surface area contributed by atoms with Crippen LogP contribution < -0.4 is 9.47 Å². The van der Waals surface area contributed by atoms with E-state index >= 15 is 0 Å². The van der Waals surface area contributed by atoms with Crippen molar-refractivity contribution in [1.82, 2.24) is 0 Å². The van der Waals surface area contributed by atoms with Gasteiger partial charge in [0.25, 0.3) is 0 Å². The topological polar surface area (TPSA) is 119 Å². The van der Waals surface area contributed by atoms with Crippen molar-refractivity contribution in [3.8, 4) is 23.6 Å². The van der Waals surface area contributed by atoms with Crippen molar-refractivity contribution < 1.29 is 28.5 Å². The summed E-state index contributed by atoms with van der Waals surface area (Å²) in [6, 6.07) is 20.5. The minimum atomic E-state index is -0.543. The maximum atomic E-state index is 12.0. The molecule has 0 aliphatic carbocycles. The normalized spacial score (nSPS) is 10.0. The number of nitrogens with zero attached hydrogens (tertiary/aromatic N) is 2. The van der Waals surface area contributed by atoms with E-state index in [0.717, 1.165) is 0 Å². The van der Waals surface area contributed by atoms with Gasteiger partial charge >= 0.3 is 11.9 Å². The van der Waals surface area contributed by atoms with Gasteiger partial charge in [0.1, 0.15) is 59.7 Å². The SMILES string of the molecule is N#Cc1c(C#N)c(OCCOC(=O)c2ccccc2)c(Cl)c(Cl)c1OCCOC(=O)c1ccccc1. The van der Waals surface area contributed by atoms with Crippen LogP contribution >= 0.6 is 23.2 Å². The average molecular weight is 525 g/mol. The van der Waals surface area contributed by atoms with Gasteiger partial charge in [0.15, 0.2) is 11.5 Å². The highest BCUT2D eigenvalue weighted by Gasteiger charge is 2.25. The van der Waals surface area contributed by atoms with Gasteiger partial charge in [0, 0.05) is 0 Å². The van der Waals surface area contributed by atoms with Crippen LogP contribution in [0.3, 0.4) is 0 Å². The molecule has 0 spiro atoms. The fourth-order valence-corrected chi connectivity index (χ4v) is 3.47. The van der Waals surface area contributed by atoms with Crippen molar-refractivity contribution in [2.24, 2.45) is 0 Å². The Morgan fingerprint density at radius 2 is 1.00 bits per heavy atom. The van der Waals surface area contributed by atoms with Crippen LogP contribution in [0.4, 0.5) is 0 Å². The van der Waals surface area contributed by atoms with Gasteiger partial charge in [-0.3, -0.25) is 0 Å². The lowest BCUT2D eigenvalue weighted by molar-refractivity contribution is 0.0440. The smallest absolute Gasteiger partial charge is 0.338 e. The van der Waals surface area contributed by atoms with E-state index in [9.17, 15) is 20.1 Å². The number of esters is 2. The summed E-state index contributed by atoms with van der Waals surface area (Å²) in [5.41, 5.74) is 0.355. The van der Waals surface area contributed by atoms with Gasteiger partial charge in [-0.05, 0) is 24.3 Å². The van der Waals surface area contributed by atoms with E-state index in [1.54, 1.807) is 60.7 Å². The van der Waals surface area contributed by atoms with Gasteiger partial charge in [-0.1, -0.05) is 59.6 Å². The Morgan fingerprint density at radius 1 is 0.639 bits per heavy atom. The molecule has 0 N–H and O–H groups in total. The highest BCUT2D eigenvalue weighted by molar-refractivity contribution is 6.44. The Labute approximate surface area is 217 Å². The molecular weight excluding hydrogens is 507 g/mol. The number of carbonyl (C=O) groups is 2. The van der Waals surface area contributed by atoms with Crippen molar-refractivity contribution in [1.29, 1.82) is 10.5 Å². The first kappa shape index (κ1) is 26.4. The fraction of sp³-hybridized carbons (Fsp3) is 0.154. The minimum Gasteiger partial charge on any atom is -0.487 e. The maximum Gasteiger partial charge on any atom is 0.338 e. The van der Waals surface area contributed by atoms with Crippen LogP contribution in [-0.4, -0.2) is 38.4 Å². The molecule has 3 aromatic rings. The number of ether oxygens (including phenoxy) is 4. The highest BCUT2D eigenvalue weighted by atomic mass is 35.5. The molecule has 3 rings (SSSR count). The molecule has 0 bridgehead atoms. The largest absolute Gasteiger partial charge is 0.487 e. The van der Waals surface area contributed by atoms with Crippen LogP contribution in [0.5, 0.6) is 11.5 Å². The zero-order chi connectivity index (χ0) is 25.9. The van der Waals surface area contributed by atoms with Gasteiger partial charge in [-0.25, -0.2) is 9.59 Å². The molecule has 3 aromatic carbocycles. The van der Waals surface area contributed by atoms with Gasteiger partial charge < -0.3 is 18.9 Å². The van der Waals surface area contributed by atoms with Gasteiger partial charge in [0.2, 0.25) is 0 Å². The van der Waals surface area contributed by atoms with Gasteiger partial charge in [0.05, 0.1) is 11.1 Å². The first-order valence-corrected chi connectivity index (χ1v) is 11.3. The van der Waals surface area contributed by atoms with E-state index in [1.165, 1.54) is 0 Å². The van der Waals surface area contributed by atoms with Crippen LogP contribution in [0.25, 0.3) is 0 Å². The van der Waals surface area contributed by atoms with Crippen molar-refractivity contribution >= 4 is 35.1 Å². The predicted octanol–water partition coefficient (Wildman–Crippen LogP) is 5.21.